The van der Waals surface area contributed by atoms with Crippen molar-refractivity contribution in [3.63, 3.8) is 0 Å². The van der Waals surface area contributed by atoms with Crippen molar-refractivity contribution in [3.8, 4) is 6.07 Å². The lowest BCUT2D eigenvalue weighted by Gasteiger charge is -2.50. The largest absolute Gasteiger partial charge is 0.465 e. The van der Waals surface area contributed by atoms with Gasteiger partial charge in [0.15, 0.2) is 0 Å². The Morgan fingerprint density at radius 2 is 1.29 bits per heavy atom. The van der Waals surface area contributed by atoms with Gasteiger partial charge in [-0.05, 0) is 105 Å². The van der Waals surface area contributed by atoms with E-state index >= 15 is 0 Å². The molecule has 6 atom stereocenters. The molecule has 6 aliphatic rings. The number of rotatable bonds is 6. The van der Waals surface area contributed by atoms with Gasteiger partial charge in [0, 0.05) is 15.7 Å². The van der Waals surface area contributed by atoms with Crippen LogP contribution in [-0.2, 0) is 19.1 Å². The summed E-state index contributed by atoms with van der Waals surface area (Å²) < 4.78 is 10.5. The average Bonchev–Trinajstić information content (AvgIpc) is 3.88. The minimum atomic E-state index is -2.15. The Morgan fingerprint density at radius 3 is 1.76 bits per heavy atom. The molecule has 6 nitrogen and oxygen atoms in total. The maximum absolute atomic E-state index is 14.7. The molecule has 0 N–H and O–H groups in total. The fourth-order valence-electron chi connectivity index (χ4n) is 9.84. The molecule has 4 aliphatic carbocycles. The quantitative estimate of drug-likeness (QED) is 0.168. The van der Waals surface area contributed by atoms with E-state index in [9.17, 15) is 14.9 Å². The second kappa shape index (κ2) is 12.2. The Morgan fingerprint density at radius 1 is 0.804 bits per heavy atom. The molecule has 8 heteroatoms. The van der Waals surface area contributed by atoms with Gasteiger partial charge in [0.2, 0.25) is 0 Å². The smallest absolute Gasteiger partial charge is 0.396 e. The Bertz CT molecular complexity index is 1970. The van der Waals surface area contributed by atoms with Crippen LogP contribution in [0.2, 0.25) is 0 Å². The molecule has 3 saturated carbocycles. The number of carbonyl (C=O) groups is 2. The molecule has 2 aromatic rings. The van der Waals surface area contributed by atoms with E-state index in [1.54, 1.807) is 13.8 Å². The van der Waals surface area contributed by atoms with Crippen LogP contribution < -0.4 is 0 Å². The van der Waals surface area contributed by atoms with E-state index in [0.29, 0.717) is 0 Å². The lowest BCUT2D eigenvalue weighted by molar-refractivity contribution is -0.166. The third-order valence-corrected chi connectivity index (χ3v) is 15.5. The Hall–Kier alpha value is -4.24. The number of ether oxygens (including phenoxy) is 2. The number of thioether (sulfide) groups is 2. The van der Waals surface area contributed by atoms with Crippen molar-refractivity contribution in [2.45, 2.75) is 74.8 Å². The molecule has 0 aromatic heterocycles. The second-order valence-corrected chi connectivity index (χ2v) is 17.3. The molecule has 0 amide bonds. The Balaban J connectivity index is 1.54. The Labute approximate surface area is 308 Å². The number of hydrogen-bond donors (Lipinski definition) is 0. The lowest BCUT2D eigenvalue weighted by atomic mass is 9.55. The highest BCUT2D eigenvalue weighted by Crippen LogP contribution is 2.79. The maximum Gasteiger partial charge on any atom is 0.396 e. The zero-order valence-electron chi connectivity index (χ0n) is 29.4. The first-order valence-corrected chi connectivity index (χ1v) is 19.6. The van der Waals surface area contributed by atoms with E-state index in [4.69, 9.17) is 16.0 Å². The summed E-state index contributed by atoms with van der Waals surface area (Å²) in [6.45, 7) is 16.9. The van der Waals surface area contributed by atoms with E-state index in [1.165, 1.54) is 5.57 Å². The van der Waals surface area contributed by atoms with Crippen molar-refractivity contribution < 1.29 is 19.1 Å². The van der Waals surface area contributed by atoms with Crippen molar-refractivity contribution in [3.05, 3.63) is 129 Å². The summed E-state index contributed by atoms with van der Waals surface area (Å²) >= 11 is 3.66. The number of esters is 2. The summed E-state index contributed by atoms with van der Waals surface area (Å²) in [4.78, 5) is 35.7. The van der Waals surface area contributed by atoms with Crippen LogP contribution in [0.3, 0.4) is 0 Å². The normalized spacial score (nSPS) is 33.1. The molecule has 51 heavy (non-hydrogen) atoms. The van der Waals surface area contributed by atoms with Crippen LogP contribution in [0.1, 0.15) is 70.9 Å². The maximum atomic E-state index is 14.7. The van der Waals surface area contributed by atoms with Crippen LogP contribution in [0, 0.1) is 35.2 Å². The molecule has 258 valence electrons. The van der Waals surface area contributed by atoms with Crippen molar-refractivity contribution in [2.24, 2.45) is 17.3 Å². The topological polar surface area (TPSA) is 80.8 Å². The highest BCUT2D eigenvalue weighted by Gasteiger charge is 2.89. The van der Waals surface area contributed by atoms with Crippen LogP contribution in [0.5, 0.6) is 0 Å². The average molecular weight is 713 g/mol. The van der Waals surface area contributed by atoms with Crippen LogP contribution in [-0.4, -0.2) is 40.2 Å². The van der Waals surface area contributed by atoms with E-state index < -0.39 is 44.2 Å². The molecule has 0 spiro atoms. The van der Waals surface area contributed by atoms with Crippen LogP contribution in [0.15, 0.2) is 106 Å². The van der Waals surface area contributed by atoms with Crippen molar-refractivity contribution in [1.82, 2.24) is 0 Å². The molecule has 8 rings (SSSR count). The molecule has 0 saturated heterocycles. The van der Waals surface area contributed by atoms with Crippen LogP contribution in [0.25, 0.3) is 14.7 Å². The van der Waals surface area contributed by atoms with Crippen molar-refractivity contribution in [1.29, 1.82) is 5.26 Å². The minimum absolute atomic E-state index is 0.0197. The molecule has 3 fully saturated rings. The number of hydrogen-bond acceptors (Lipinski definition) is 7. The fourth-order valence-corrected chi connectivity index (χ4v) is 13.0. The number of allylic oxidation sites excluding steroid dienone is 4. The minimum Gasteiger partial charge on any atom is -0.465 e. The SMILES string of the molecule is [C-]#[N+]C1(C(=O)OCC)C2C3=C4C=C(c5ccccc5)SC4(C)C4(C)SC(c5ccccc5)=CC4=C3C(C2=C2CCCCC2)C1(C#N)C(=O)OCC. The highest BCUT2D eigenvalue weighted by molar-refractivity contribution is 8.14. The van der Waals surface area contributed by atoms with Gasteiger partial charge in [-0.1, -0.05) is 72.7 Å². The van der Waals surface area contributed by atoms with Crippen molar-refractivity contribution >= 4 is 45.3 Å². The summed E-state index contributed by atoms with van der Waals surface area (Å²) in [5, 5.41) is 11.5. The summed E-state index contributed by atoms with van der Waals surface area (Å²) in [6, 6.07) is 23.1. The first kappa shape index (κ1) is 33.9. The van der Waals surface area contributed by atoms with Gasteiger partial charge in [-0.2, -0.15) is 5.26 Å². The summed E-state index contributed by atoms with van der Waals surface area (Å²) in [5.41, 5.74) is 3.98. The van der Waals surface area contributed by atoms with Gasteiger partial charge in [-0.3, -0.25) is 4.85 Å². The molecular formula is C43H40N2O4S2. The number of nitriles is 1. The van der Waals surface area contributed by atoms with Gasteiger partial charge in [0.1, 0.15) is 0 Å². The van der Waals surface area contributed by atoms with E-state index in [1.807, 2.05) is 59.9 Å². The Kier molecular flexibility index (Phi) is 8.09. The molecular weight excluding hydrogens is 673 g/mol. The third-order valence-electron chi connectivity index (χ3n) is 12.2. The fraction of sp³-hybridized carbons (Fsp3) is 0.395. The predicted octanol–water partition coefficient (Wildman–Crippen LogP) is 9.50. The first-order chi connectivity index (χ1) is 24.7. The van der Waals surface area contributed by atoms with E-state index in [-0.39, 0.29) is 13.2 Å². The van der Waals surface area contributed by atoms with Gasteiger partial charge in [-0.15, -0.1) is 23.5 Å². The number of benzene rings is 2. The van der Waals surface area contributed by atoms with Crippen molar-refractivity contribution in [2.75, 3.05) is 13.2 Å². The molecule has 2 heterocycles. The second-order valence-electron chi connectivity index (χ2n) is 14.4. The summed E-state index contributed by atoms with van der Waals surface area (Å²) in [7, 11) is 0. The van der Waals surface area contributed by atoms with Gasteiger partial charge in [0.05, 0.1) is 34.7 Å². The van der Waals surface area contributed by atoms with E-state index in [2.05, 4.69) is 61.2 Å². The van der Waals surface area contributed by atoms with Gasteiger partial charge < -0.3 is 9.47 Å². The predicted molar refractivity (Wildman–Crippen MR) is 203 cm³/mol. The number of nitrogens with zero attached hydrogens (tertiary/aromatic N) is 2. The molecule has 6 unspecified atom stereocenters. The van der Waals surface area contributed by atoms with Crippen LogP contribution >= 0.6 is 23.5 Å². The van der Waals surface area contributed by atoms with Gasteiger partial charge in [-0.25, -0.2) is 16.2 Å². The zero-order chi connectivity index (χ0) is 35.8. The molecule has 0 radical (unpaired) electrons. The highest BCUT2D eigenvalue weighted by atomic mass is 32.2. The standard InChI is InChI=1S/C43H40N2O4S2/c1-6-48-38(46)42(25-44)36-33(28-21-15-10-16-22-28)37(43(42,45-5)39(47)49-7-2)35-30-24-32(27-19-13-9-14-20-27)51-41(30,4)40(3)29(34(35)36)23-31(50-40)26-17-11-8-12-18-26/h8-9,11-14,17-20,23-24,36-37H,6-7,10,15-16,21-22H2,1-4H3. The first-order valence-electron chi connectivity index (χ1n) is 18.0. The molecule has 2 aromatic carbocycles. The van der Waals surface area contributed by atoms with Crippen LogP contribution in [0.4, 0.5) is 0 Å². The number of carbonyl (C=O) groups excluding carboxylic acids is 2. The molecule has 2 bridgehead atoms. The molecule has 2 aliphatic heterocycles. The van der Waals surface area contributed by atoms with Gasteiger partial charge in [0.25, 0.3) is 5.41 Å². The third kappa shape index (κ3) is 4.24. The monoisotopic (exact) mass is 712 g/mol. The van der Waals surface area contributed by atoms with E-state index in [0.717, 1.165) is 80.9 Å². The van der Waals surface area contributed by atoms with Gasteiger partial charge >= 0.3 is 17.5 Å². The lowest BCUT2D eigenvalue weighted by Crippen LogP contribution is -2.62. The summed E-state index contributed by atoms with van der Waals surface area (Å²) in [5.74, 6) is -3.29. The zero-order valence-corrected chi connectivity index (χ0v) is 31.0. The number of fused-ring (bicyclic) bond motifs is 8. The summed E-state index contributed by atoms with van der Waals surface area (Å²) in [6.07, 6.45) is 9.20.